The van der Waals surface area contributed by atoms with Gasteiger partial charge >= 0.3 is 6.18 Å². The zero-order chi connectivity index (χ0) is 22.0. The summed E-state index contributed by atoms with van der Waals surface area (Å²) in [5.41, 5.74) is 1.61. The zero-order valence-electron chi connectivity index (χ0n) is 17.8. The first-order valence-corrected chi connectivity index (χ1v) is 9.91. The summed E-state index contributed by atoms with van der Waals surface area (Å²) >= 11 is 0. The summed E-state index contributed by atoms with van der Waals surface area (Å²) in [7, 11) is 3.33. The number of benzene rings is 1. The number of amides is 1. The van der Waals surface area contributed by atoms with Gasteiger partial charge in [-0.2, -0.15) is 13.2 Å². The van der Waals surface area contributed by atoms with Gasteiger partial charge in [-0.3, -0.25) is 14.7 Å². The van der Waals surface area contributed by atoms with Crippen molar-refractivity contribution in [2.75, 3.05) is 40.3 Å². The molecule has 176 valence electrons. The minimum Gasteiger partial charge on any atom is -0.367 e. The Hall–Kier alpha value is -1.60. The standard InChI is InChI=1S/C20H30F3N5O2.HI/c1-24-18(29)12-28-8-6-17(7-9-28)27-19(25-2)26-11-15-4-3-5-16(10-15)13-30-14-20(21,22)23;/h3-5,10,17H,6-9,11-14H2,1-2H3,(H,24,29)(H2,25,26,27);1H. The molecule has 0 atom stereocenters. The van der Waals surface area contributed by atoms with Gasteiger partial charge in [-0.15, -0.1) is 24.0 Å². The minimum absolute atomic E-state index is 0. The van der Waals surface area contributed by atoms with Crippen LogP contribution in [-0.2, 0) is 22.7 Å². The van der Waals surface area contributed by atoms with Crippen LogP contribution < -0.4 is 16.0 Å². The summed E-state index contributed by atoms with van der Waals surface area (Å²) in [6, 6.07) is 7.50. The molecule has 0 bridgehead atoms. The fraction of sp³-hybridized carbons (Fsp3) is 0.600. The Bertz CT molecular complexity index is 710. The Morgan fingerprint density at radius 1 is 1.26 bits per heavy atom. The highest BCUT2D eigenvalue weighted by Gasteiger charge is 2.27. The summed E-state index contributed by atoms with van der Waals surface area (Å²) < 4.78 is 41.3. The highest BCUT2D eigenvalue weighted by atomic mass is 127. The molecular weight excluding hydrogens is 526 g/mol. The van der Waals surface area contributed by atoms with Crippen LogP contribution in [0.1, 0.15) is 24.0 Å². The van der Waals surface area contributed by atoms with Crippen molar-refractivity contribution in [1.82, 2.24) is 20.9 Å². The second-order valence-electron chi connectivity index (χ2n) is 7.22. The molecule has 3 N–H and O–H groups in total. The normalized spacial score (nSPS) is 15.8. The highest BCUT2D eigenvalue weighted by Crippen LogP contribution is 2.16. The van der Waals surface area contributed by atoms with Crippen LogP contribution in [0.15, 0.2) is 29.3 Å². The van der Waals surface area contributed by atoms with E-state index in [9.17, 15) is 18.0 Å². The van der Waals surface area contributed by atoms with Crippen molar-refractivity contribution in [2.45, 2.75) is 38.2 Å². The lowest BCUT2D eigenvalue weighted by Crippen LogP contribution is -2.49. The van der Waals surface area contributed by atoms with Crippen molar-refractivity contribution in [2.24, 2.45) is 4.99 Å². The largest absolute Gasteiger partial charge is 0.411 e. The summed E-state index contributed by atoms with van der Waals surface area (Å²) in [5.74, 6) is 0.684. The number of aliphatic imine (C=N–C) groups is 1. The van der Waals surface area contributed by atoms with E-state index in [4.69, 9.17) is 4.74 Å². The monoisotopic (exact) mass is 557 g/mol. The molecule has 0 aromatic heterocycles. The van der Waals surface area contributed by atoms with Crippen molar-refractivity contribution in [3.8, 4) is 0 Å². The van der Waals surface area contributed by atoms with E-state index in [0.29, 0.717) is 24.6 Å². The highest BCUT2D eigenvalue weighted by molar-refractivity contribution is 14.0. The average molecular weight is 557 g/mol. The number of ether oxygens (including phenoxy) is 1. The average Bonchev–Trinajstić information content (AvgIpc) is 2.71. The maximum absolute atomic E-state index is 12.2. The lowest BCUT2D eigenvalue weighted by atomic mass is 10.1. The number of likely N-dealkylation sites (tertiary alicyclic amines) is 1. The van der Waals surface area contributed by atoms with E-state index in [1.807, 2.05) is 12.1 Å². The van der Waals surface area contributed by atoms with E-state index in [-0.39, 0.29) is 42.5 Å². The van der Waals surface area contributed by atoms with Gasteiger partial charge in [-0.05, 0) is 24.0 Å². The summed E-state index contributed by atoms with van der Waals surface area (Å²) in [5, 5.41) is 9.26. The van der Waals surface area contributed by atoms with E-state index in [0.717, 1.165) is 31.5 Å². The number of nitrogens with zero attached hydrogens (tertiary/aromatic N) is 2. The number of hydrogen-bond donors (Lipinski definition) is 3. The van der Waals surface area contributed by atoms with Crippen LogP contribution in [0.4, 0.5) is 13.2 Å². The summed E-state index contributed by atoms with van der Waals surface area (Å²) in [6.07, 6.45) is -2.51. The summed E-state index contributed by atoms with van der Waals surface area (Å²) in [4.78, 5) is 17.8. The van der Waals surface area contributed by atoms with Gasteiger partial charge in [0.15, 0.2) is 5.96 Å². The number of nitrogens with one attached hydrogen (secondary N) is 3. The number of piperidine rings is 1. The van der Waals surface area contributed by atoms with Crippen LogP contribution in [0.25, 0.3) is 0 Å². The number of rotatable bonds is 8. The SMILES string of the molecule is CN=C(NCc1cccc(COCC(F)(F)F)c1)NC1CCN(CC(=O)NC)CC1.I. The second-order valence-corrected chi connectivity index (χ2v) is 7.22. The number of alkyl halides is 3. The molecule has 1 heterocycles. The molecule has 31 heavy (non-hydrogen) atoms. The van der Waals surface area contributed by atoms with Crippen LogP contribution in [0.2, 0.25) is 0 Å². The Morgan fingerprint density at radius 2 is 1.94 bits per heavy atom. The number of halogens is 4. The fourth-order valence-electron chi connectivity index (χ4n) is 3.21. The maximum Gasteiger partial charge on any atom is 0.411 e. The van der Waals surface area contributed by atoms with E-state index in [2.05, 4.69) is 25.8 Å². The Balaban J connectivity index is 0.00000480. The van der Waals surface area contributed by atoms with Crippen molar-refractivity contribution >= 4 is 35.8 Å². The number of carbonyl (C=O) groups excluding carboxylic acids is 1. The molecule has 1 aliphatic heterocycles. The molecule has 1 fully saturated rings. The molecule has 0 spiro atoms. The van der Waals surface area contributed by atoms with Crippen molar-refractivity contribution in [3.63, 3.8) is 0 Å². The topological polar surface area (TPSA) is 78.0 Å². The molecule has 1 aromatic rings. The maximum atomic E-state index is 12.2. The second kappa shape index (κ2) is 13.7. The quantitative estimate of drug-likeness (QED) is 0.260. The van der Waals surface area contributed by atoms with E-state index in [1.54, 1.807) is 26.2 Å². The first-order valence-electron chi connectivity index (χ1n) is 9.91. The van der Waals surface area contributed by atoms with Crippen molar-refractivity contribution in [3.05, 3.63) is 35.4 Å². The molecule has 1 amide bonds. The van der Waals surface area contributed by atoms with Crippen LogP contribution in [0, 0.1) is 0 Å². The van der Waals surface area contributed by atoms with E-state index < -0.39 is 12.8 Å². The summed E-state index contributed by atoms with van der Waals surface area (Å²) in [6.45, 7) is 1.23. The van der Waals surface area contributed by atoms with Gasteiger partial charge in [0.2, 0.25) is 5.91 Å². The molecule has 0 aliphatic carbocycles. The fourth-order valence-corrected chi connectivity index (χ4v) is 3.21. The zero-order valence-corrected chi connectivity index (χ0v) is 20.1. The molecule has 1 saturated heterocycles. The first kappa shape index (κ1) is 27.4. The smallest absolute Gasteiger partial charge is 0.367 e. The van der Waals surface area contributed by atoms with Crippen molar-refractivity contribution in [1.29, 1.82) is 0 Å². The molecule has 7 nitrogen and oxygen atoms in total. The predicted molar refractivity (Wildman–Crippen MR) is 124 cm³/mol. The van der Waals surface area contributed by atoms with Gasteiger partial charge in [0.1, 0.15) is 6.61 Å². The Morgan fingerprint density at radius 3 is 2.55 bits per heavy atom. The third-order valence-electron chi connectivity index (χ3n) is 4.78. The molecule has 11 heteroatoms. The Labute approximate surface area is 198 Å². The van der Waals surface area contributed by atoms with E-state index >= 15 is 0 Å². The minimum atomic E-state index is -4.32. The van der Waals surface area contributed by atoms with Gasteiger partial charge in [0.05, 0.1) is 13.2 Å². The molecule has 1 aromatic carbocycles. The van der Waals surface area contributed by atoms with Gasteiger partial charge in [0.25, 0.3) is 0 Å². The first-order chi connectivity index (χ1) is 14.3. The lowest BCUT2D eigenvalue weighted by molar-refractivity contribution is -0.176. The predicted octanol–water partition coefficient (Wildman–Crippen LogP) is 2.26. The van der Waals surface area contributed by atoms with E-state index in [1.165, 1.54) is 0 Å². The van der Waals surface area contributed by atoms with Gasteiger partial charge in [-0.25, -0.2) is 0 Å². The molecule has 0 radical (unpaired) electrons. The van der Waals surface area contributed by atoms with Crippen LogP contribution in [-0.4, -0.2) is 69.3 Å². The third kappa shape index (κ3) is 11.0. The van der Waals surface area contributed by atoms with Gasteiger partial charge in [-0.1, -0.05) is 24.3 Å². The number of likely N-dealkylation sites (N-methyl/N-ethyl adjacent to an activating group) is 1. The Kier molecular flexibility index (Phi) is 12.2. The molecular formula is C20H31F3IN5O2. The third-order valence-corrected chi connectivity index (χ3v) is 4.78. The van der Waals surface area contributed by atoms with Gasteiger partial charge in [0, 0.05) is 39.8 Å². The van der Waals surface area contributed by atoms with Crippen LogP contribution >= 0.6 is 24.0 Å². The van der Waals surface area contributed by atoms with Crippen LogP contribution in [0.5, 0.6) is 0 Å². The lowest BCUT2D eigenvalue weighted by Gasteiger charge is -2.32. The number of guanidine groups is 1. The number of hydrogen-bond acceptors (Lipinski definition) is 4. The number of carbonyl (C=O) groups is 1. The molecule has 0 unspecified atom stereocenters. The molecule has 1 aliphatic rings. The van der Waals surface area contributed by atoms with Crippen LogP contribution in [0.3, 0.4) is 0 Å². The molecule has 0 saturated carbocycles. The van der Waals surface area contributed by atoms with Crippen molar-refractivity contribution < 1.29 is 22.7 Å². The van der Waals surface area contributed by atoms with Gasteiger partial charge < -0.3 is 20.7 Å². The molecule has 2 rings (SSSR count).